The van der Waals surface area contributed by atoms with Crippen LogP contribution in [-0.4, -0.2) is 54.0 Å². The molecule has 0 spiro atoms. The van der Waals surface area contributed by atoms with Gasteiger partial charge in [-0.15, -0.1) is 11.3 Å². The lowest BCUT2D eigenvalue weighted by Crippen LogP contribution is -2.37. The van der Waals surface area contributed by atoms with E-state index in [0.29, 0.717) is 12.5 Å². The minimum atomic E-state index is 0.0962. The van der Waals surface area contributed by atoms with E-state index in [4.69, 9.17) is 0 Å². The fourth-order valence-electron chi connectivity index (χ4n) is 2.90. The van der Waals surface area contributed by atoms with E-state index in [0.717, 1.165) is 42.7 Å². The number of hydrogen-bond donors (Lipinski definition) is 1. The van der Waals surface area contributed by atoms with Crippen LogP contribution in [0.3, 0.4) is 0 Å². The molecule has 1 aliphatic heterocycles. The number of carbonyl (C=O) groups excluding carboxylic acids is 1. The van der Waals surface area contributed by atoms with Crippen LogP contribution in [-0.2, 0) is 4.79 Å². The molecule has 3 heterocycles. The highest BCUT2D eigenvalue weighted by atomic mass is 32.1. The van der Waals surface area contributed by atoms with Crippen molar-refractivity contribution in [1.29, 1.82) is 0 Å². The molecule has 0 aliphatic carbocycles. The molecule has 2 aromatic rings. The average Bonchev–Trinajstić information content (AvgIpc) is 3.24. The maximum atomic E-state index is 12.3. The summed E-state index contributed by atoms with van der Waals surface area (Å²) >= 11 is 1.48. The van der Waals surface area contributed by atoms with Gasteiger partial charge in [-0.05, 0) is 37.9 Å². The molecule has 1 fully saturated rings. The van der Waals surface area contributed by atoms with E-state index in [1.54, 1.807) is 18.1 Å². The summed E-state index contributed by atoms with van der Waals surface area (Å²) in [6.45, 7) is 5.24. The van der Waals surface area contributed by atoms with E-state index in [-0.39, 0.29) is 5.91 Å². The molecule has 1 aliphatic rings. The minimum absolute atomic E-state index is 0.0962. The summed E-state index contributed by atoms with van der Waals surface area (Å²) in [5.41, 5.74) is 1.02. The SMILES string of the molecule is Cc1cccc(NCC2CCN(CC(=O)N(C)c3nccs3)C2)n1. The van der Waals surface area contributed by atoms with E-state index >= 15 is 0 Å². The van der Waals surface area contributed by atoms with Gasteiger partial charge in [-0.1, -0.05) is 6.07 Å². The molecule has 1 N–H and O–H groups in total. The van der Waals surface area contributed by atoms with Crippen molar-refractivity contribution in [2.75, 3.05) is 43.4 Å². The number of likely N-dealkylation sites (tertiary alicyclic amines) is 1. The molecule has 0 bridgehead atoms. The topological polar surface area (TPSA) is 61.4 Å². The fourth-order valence-corrected chi connectivity index (χ4v) is 3.52. The summed E-state index contributed by atoms with van der Waals surface area (Å²) in [5.74, 6) is 1.57. The molecule has 6 nitrogen and oxygen atoms in total. The van der Waals surface area contributed by atoms with Crippen LogP contribution >= 0.6 is 11.3 Å². The second-order valence-corrected chi connectivity index (χ2v) is 7.08. The highest BCUT2D eigenvalue weighted by Crippen LogP contribution is 2.19. The second kappa shape index (κ2) is 7.72. The third-order valence-corrected chi connectivity index (χ3v) is 5.12. The fraction of sp³-hybridized carbons (Fsp3) is 0.471. The number of anilines is 2. The van der Waals surface area contributed by atoms with Gasteiger partial charge in [0.2, 0.25) is 5.91 Å². The molecule has 7 heteroatoms. The maximum absolute atomic E-state index is 12.3. The van der Waals surface area contributed by atoms with Crippen LogP contribution in [0.1, 0.15) is 12.1 Å². The quantitative estimate of drug-likeness (QED) is 0.870. The number of aromatic nitrogens is 2. The standard InChI is InChI=1S/C17H23N5OS/c1-13-4-3-5-15(20-13)19-10-14-6-8-22(11-14)12-16(23)21(2)17-18-7-9-24-17/h3-5,7,9,14H,6,8,10-12H2,1-2H3,(H,19,20). The Hall–Kier alpha value is -1.99. The third-order valence-electron chi connectivity index (χ3n) is 4.27. The monoisotopic (exact) mass is 345 g/mol. The Labute approximate surface area is 146 Å². The average molecular weight is 345 g/mol. The van der Waals surface area contributed by atoms with E-state index in [9.17, 15) is 4.79 Å². The Morgan fingerprint density at radius 1 is 1.50 bits per heavy atom. The number of thiazole rings is 1. The molecule has 1 saturated heterocycles. The molecule has 24 heavy (non-hydrogen) atoms. The lowest BCUT2D eigenvalue weighted by atomic mass is 10.1. The first kappa shape index (κ1) is 16.9. The van der Waals surface area contributed by atoms with Gasteiger partial charge >= 0.3 is 0 Å². The predicted octanol–water partition coefficient (Wildman–Crippen LogP) is 2.24. The van der Waals surface area contributed by atoms with Crippen LogP contribution < -0.4 is 10.2 Å². The first-order chi connectivity index (χ1) is 11.6. The molecule has 1 atom stereocenters. The van der Waals surface area contributed by atoms with Crippen LogP contribution in [0.5, 0.6) is 0 Å². The van der Waals surface area contributed by atoms with Gasteiger partial charge in [0, 0.05) is 37.4 Å². The largest absolute Gasteiger partial charge is 0.370 e. The summed E-state index contributed by atoms with van der Waals surface area (Å²) in [4.78, 5) is 24.9. The molecule has 0 radical (unpaired) electrons. The van der Waals surface area contributed by atoms with Gasteiger partial charge in [-0.2, -0.15) is 0 Å². The molecular formula is C17H23N5OS. The van der Waals surface area contributed by atoms with Crippen molar-refractivity contribution in [1.82, 2.24) is 14.9 Å². The van der Waals surface area contributed by atoms with Crippen LogP contribution in [0.25, 0.3) is 0 Å². The van der Waals surface area contributed by atoms with E-state index in [2.05, 4.69) is 20.2 Å². The summed E-state index contributed by atoms with van der Waals surface area (Å²) < 4.78 is 0. The molecule has 0 saturated carbocycles. The number of nitrogens with one attached hydrogen (secondary N) is 1. The lowest BCUT2D eigenvalue weighted by molar-refractivity contribution is -0.119. The van der Waals surface area contributed by atoms with E-state index in [1.165, 1.54) is 11.3 Å². The number of aryl methyl sites for hydroxylation is 1. The predicted molar refractivity (Wildman–Crippen MR) is 97.5 cm³/mol. The van der Waals surface area contributed by atoms with Gasteiger partial charge in [0.1, 0.15) is 5.82 Å². The summed E-state index contributed by atoms with van der Waals surface area (Å²) in [6.07, 6.45) is 2.83. The van der Waals surface area contributed by atoms with Crippen molar-refractivity contribution in [3.63, 3.8) is 0 Å². The Bertz CT molecular complexity index is 675. The summed E-state index contributed by atoms with van der Waals surface area (Å²) in [6, 6.07) is 6.00. The Kier molecular flexibility index (Phi) is 5.42. The maximum Gasteiger partial charge on any atom is 0.242 e. The highest BCUT2D eigenvalue weighted by molar-refractivity contribution is 7.13. The number of pyridine rings is 1. The molecular weight excluding hydrogens is 322 g/mol. The van der Waals surface area contributed by atoms with Gasteiger partial charge in [0.25, 0.3) is 0 Å². The zero-order valence-corrected chi connectivity index (χ0v) is 14.9. The van der Waals surface area contributed by atoms with Gasteiger partial charge in [0.05, 0.1) is 6.54 Å². The van der Waals surface area contributed by atoms with Gasteiger partial charge in [0.15, 0.2) is 5.13 Å². The van der Waals surface area contributed by atoms with Gasteiger partial charge in [-0.25, -0.2) is 9.97 Å². The number of carbonyl (C=O) groups is 1. The normalized spacial score (nSPS) is 17.8. The number of rotatable bonds is 6. The number of amides is 1. The van der Waals surface area contributed by atoms with Crippen molar-refractivity contribution in [3.05, 3.63) is 35.5 Å². The molecule has 3 rings (SSSR count). The second-order valence-electron chi connectivity index (χ2n) is 6.20. The number of nitrogens with zero attached hydrogens (tertiary/aromatic N) is 4. The van der Waals surface area contributed by atoms with Crippen LogP contribution in [0.4, 0.5) is 10.9 Å². The van der Waals surface area contributed by atoms with Gasteiger partial charge in [-0.3, -0.25) is 14.6 Å². The Balaban J connectivity index is 1.44. The number of hydrogen-bond acceptors (Lipinski definition) is 6. The van der Waals surface area contributed by atoms with Crippen molar-refractivity contribution in [2.45, 2.75) is 13.3 Å². The summed E-state index contributed by atoms with van der Waals surface area (Å²) in [5, 5.41) is 6.04. The van der Waals surface area contributed by atoms with Crippen LogP contribution in [0, 0.1) is 12.8 Å². The van der Waals surface area contributed by atoms with Crippen molar-refractivity contribution in [2.24, 2.45) is 5.92 Å². The third kappa shape index (κ3) is 4.30. The minimum Gasteiger partial charge on any atom is -0.370 e. The zero-order chi connectivity index (χ0) is 16.9. The lowest BCUT2D eigenvalue weighted by Gasteiger charge is -2.20. The zero-order valence-electron chi connectivity index (χ0n) is 14.1. The Morgan fingerprint density at radius 3 is 3.12 bits per heavy atom. The first-order valence-corrected chi connectivity index (χ1v) is 9.05. The number of likely N-dealkylation sites (N-methyl/N-ethyl adjacent to an activating group) is 1. The van der Waals surface area contributed by atoms with Crippen LogP contribution in [0.2, 0.25) is 0 Å². The highest BCUT2D eigenvalue weighted by Gasteiger charge is 2.25. The molecule has 1 amide bonds. The van der Waals surface area contributed by atoms with E-state index < -0.39 is 0 Å². The first-order valence-electron chi connectivity index (χ1n) is 8.18. The Morgan fingerprint density at radius 2 is 2.38 bits per heavy atom. The van der Waals surface area contributed by atoms with Gasteiger partial charge < -0.3 is 5.32 Å². The molecule has 1 unspecified atom stereocenters. The van der Waals surface area contributed by atoms with Crippen LogP contribution in [0.15, 0.2) is 29.8 Å². The molecule has 128 valence electrons. The smallest absolute Gasteiger partial charge is 0.242 e. The molecule has 0 aromatic carbocycles. The van der Waals surface area contributed by atoms with E-state index in [1.807, 2.05) is 30.5 Å². The van der Waals surface area contributed by atoms with Crippen molar-refractivity contribution >= 4 is 28.2 Å². The molecule has 2 aromatic heterocycles. The summed E-state index contributed by atoms with van der Waals surface area (Å²) in [7, 11) is 1.79. The van der Waals surface area contributed by atoms with Crippen molar-refractivity contribution < 1.29 is 4.79 Å². The van der Waals surface area contributed by atoms with Crippen molar-refractivity contribution in [3.8, 4) is 0 Å².